The third-order valence-corrected chi connectivity index (χ3v) is 3.73. The molecule has 0 amide bonds. The second kappa shape index (κ2) is 7.03. The number of carboxylic acids is 1. The van der Waals surface area contributed by atoms with Gasteiger partial charge in [0.25, 0.3) is 0 Å². The van der Waals surface area contributed by atoms with Crippen molar-refractivity contribution in [1.29, 1.82) is 0 Å². The van der Waals surface area contributed by atoms with Crippen LogP contribution >= 0.6 is 0 Å². The van der Waals surface area contributed by atoms with Crippen LogP contribution in [0.2, 0.25) is 0 Å². The summed E-state index contributed by atoms with van der Waals surface area (Å²) < 4.78 is 0. The quantitative estimate of drug-likeness (QED) is 0.884. The number of aliphatic carboxylic acids is 1. The molecule has 2 rings (SSSR count). The van der Waals surface area contributed by atoms with E-state index in [2.05, 4.69) is 0 Å². The fourth-order valence-corrected chi connectivity index (χ4v) is 2.38. The molecular formula is C19H20O3. The van der Waals surface area contributed by atoms with Gasteiger partial charge < -0.3 is 5.11 Å². The van der Waals surface area contributed by atoms with Crippen molar-refractivity contribution in [3.63, 3.8) is 0 Å². The van der Waals surface area contributed by atoms with Crippen molar-refractivity contribution in [1.82, 2.24) is 0 Å². The zero-order valence-corrected chi connectivity index (χ0v) is 12.9. The van der Waals surface area contributed by atoms with Crippen molar-refractivity contribution < 1.29 is 14.7 Å². The van der Waals surface area contributed by atoms with Gasteiger partial charge in [0.15, 0.2) is 0 Å². The maximum Gasteiger partial charge on any atom is 0.311 e. The summed E-state index contributed by atoms with van der Waals surface area (Å²) in [5, 5.41) is 9.40. The first-order valence-corrected chi connectivity index (χ1v) is 7.32. The van der Waals surface area contributed by atoms with E-state index in [4.69, 9.17) is 0 Å². The molecule has 1 N–H and O–H groups in total. The lowest BCUT2D eigenvalue weighted by Gasteiger charge is -2.12. The summed E-state index contributed by atoms with van der Waals surface area (Å²) in [4.78, 5) is 23.7. The van der Waals surface area contributed by atoms with Crippen LogP contribution in [0.3, 0.4) is 0 Å². The minimum Gasteiger partial charge on any atom is -0.481 e. The molecule has 0 fully saturated rings. The number of Topliss-reactive ketones (excluding diaryl/α,β-unsaturated/α-hetero) is 1. The SMILES string of the molecule is Cc1ccc(CC(=O)CC(C(=O)O)c2ccc(C)cc2)cc1. The first-order chi connectivity index (χ1) is 10.5. The number of hydrogen-bond donors (Lipinski definition) is 1. The Morgan fingerprint density at radius 2 is 1.41 bits per heavy atom. The molecule has 2 aromatic rings. The molecule has 0 saturated heterocycles. The van der Waals surface area contributed by atoms with Crippen LogP contribution in [0.15, 0.2) is 48.5 Å². The van der Waals surface area contributed by atoms with Gasteiger partial charge in [0, 0.05) is 12.8 Å². The summed E-state index contributed by atoms with van der Waals surface area (Å²) in [6.07, 6.45) is 0.294. The molecule has 1 atom stereocenters. The lowest BCUT2D eigenvalue weighted by atomic mass is 9.91. The van der Waals surface area contributed by atoms with E-state index in [1.165, 1.54) is 0 Å². The van der Waals surface area contributed by atoms with Crippen LogP contribution in [0, 0.1) is 13.8 Å². The molecule has 0 bridgehead atoms. The summed E-state index contributed by atoms with van der Waals surface area (Å²) in [7, 11) is 0. The monoisotopic (exact) mass is 296 g/mol. The first kappa shape index (κ1) is 16.0. The highest BCUT2D eigenvalue weighted by atomic mass is 16.4. The third-order valence-electron chi connectivity index (χ3n) is 3.73. The molecule has 0 heterocycles. The van der Waals surface area contributed by atoms with Gasteiger partial charge in [-0.1, -0.05) is 59.7 Å². The van der Waals surface area contributed by atoms with Gasteiger partial charge in [0.05, 0.1) is 5.92 Å². The zero-order chi connectivity index (χ0) is 16.1. The van der Waals surface area contributed by atoms with Crippen LogP contribution < -0.4 is 0 Å². The summed E-state index contributed by atoms with van der Waals surface area (Å²) in [5.41, 5.74) is 3.80. The molecule has 3 nitrogen and oxygen atoms in total. The van der Waals surface area contributed by atoms with Crippen molar-refractivity contribution in [3.05, 3.63) is 70.8 Å². The molecule has 114 valence electrons. The minimum atomic E-state index is -0.957. The minimum absolute atomic E-state index is 0.0201. The lowest BCUT2D eigenvalue weighted by Crippen LogP contribution is -2.17. The second-order valence-electron chi connectivity index (χ2n) is 5.71. The van der Waals surface area contributed by atoms with E-state index in [1.807, 2.05) is 50.2 Å². The van der Waals surface area contributed by atoms with Gasteiger partial charge in [0.1, 0.15) is 5.78 Å². The topological polar surface area (TPSA) is 54.4 Å². The van der Waals surface area contributed by atoms with E-state index in [9.17, 15) is 14.7 Å². The molecule has 0 aliphatic rings. The van der Waals surface area contributed by atoms with E-state index in [0.29, 0.717) is 5.56 Å². The number of hydrogen-bond acceptors (Lipinski definition) is 2. The lowest BCUT2D eigenvalue weighted by molar-refractivity contribution is -0.140. The number of benzene rings is 2. The average molecular weight is 296 g/mol. The number of aryl methyl sites for hydroxylation is 2. The largest absolute Gasteiger partial charge is 0.481 e. The molecule has 1 unspecified atom stereocenters. The van der Waals surface area contributed by atoms with Crippen molar-refractivity contribution >= 4 is 11.8 Å². The normalized spacial score (nSPS) is 11.9. The smallest absolute Gasteiger partial charge is 0.311 e. The highest BCUT2D eigenvalue weighted by Crippen LogP contribution is 2.22. The van der Waals surface area contributed by atoms with E-state index >= 15 is 0 Å². The maximum atomic E-state index is 12.2. The number of rotatable bonds is 6. The fraction of sp³-hybridized carbons (Fsp3) is 0.263. The number of ketones is 1. The van der Waals surface area contributed by atoms with Crippen LogP contribution in [0.4, 0.5) is 0 Å². The molecule has 0 spiro atoms. The highest BCUT2D eigenvalue weighted by molar-refractivity contribution is 5.88. The van der Waals surface area contributed by atoms with Gasteiger partial charge in [-0.2, -0.15) is 0 Å². The third kappa shape index (κ3) is 4.29. The van der Waals surface area contributed by atoms with Crippen molar-refractivity contribution in [3.8, 4) is 0 Å². The van der Waals surface area contributed by atoms with Gasteiger partial charge in [-0.25, -0.2) is 0 Å². The number of carboxylic acid groups (broad SMARTS) is 1. The van der Waals surface area contributed by atoms with Crippen molar-refractivity contribution in [2.24, 2.45) is 0 Å². The summed E-state index contributed by atoms with van der Waals surface area (Å²) in [6, 6.07) is 15.0. The van der Waals surface area contributed by atoms with E-state index in [-0.39, 0.29) is 18.6 Å². The second-order valence-corrected chi connectivity index (χ2v) is 5.71. The van der Waals surface area contributed by atoms with Gasteiger partial charge >= 0.3 is 5.97 Å². The highest BCUT2D eigenvalue weighted by Gasteiger charge is 2.23. The Balaban J connectivity index is 2.07. The fourth-order valence-electron chi connectivity index (χ4n) is 2.38. The zero-order valence-electron chi connectivity index (χ0n) is 12.9. The maximum absolute atomic E-state index is 12.2. The number of carbonyl (C=O) groups is 2. The van der Waals surface area contributed by atoms with Gasteiger partial charge in [-0.05, 0) is 25.0 Å². The van der Waals surface area contributed by atoms with Crippen LogP contribution in [-0.2, 0) is 16.0 Å². The molecular weight excluding hydrogens is 276 g/mol. The Kier molecular flexibility index (Phi) is 5.10. The Bertz CT molecular complexity index is 654. The molecule has 0 radical (unpaired) electrons. The van der Waals surface area contributed by atoms with E-state index < -0.39 is 11.9 Å². The molecule has 3 heteroatoms. The number of carbonyl (C=O) groups excluding carboxylic acids is 1. The van der Waals surface area contributed by atoms with Crippen LogP contribution in [0.25, 0.3) is 0 Å². The van der Waals surface area contributed by atoms with Gasteiger partial charge in [0.2, 0.25) is 0 Å². The molecule has 2 aromatic carbocycles. The molecule has 0 saturated carbocycles. The standard InChI is InChI=1S/C19H20O3/c1-13-3-7-15(8-4-13)11-17(20)12-18(19(21)22)16-9-5-14(2)6-10-16/h3-10,18H,11-12H2,1-2H3,(H,21,22). The molecule has 0 aromatic heterocycles. The predicted molar refractivity (Wildman–Crippen MR) is 86.1 cm³/mol. The Hall–Kier alpha value is -2.42. The Morgan fingerprint density at radius 1 is 0.909 bits per heavy atom. The Labute approximate surface area is 130 Å². The van der Waals surface area contributed by atoms with Gasteiger partial charge in [-0.15, -0.1) is 0 Å². The molecule has 0 aliphatic carbocycles. The summed E-state index contributed by atoms with van der Waals surface area (Å²) in [6.45, 7) is 3.94. The molecule has 22 heavy (non-hydrogen) atoms. The molecule has 0 aliphatic heterocycles. The van der Waals surface area contributed by atoms with Crippen LogP contribution in [-0.4, -0.2) is 16.9 Å². The van der Waals surface area contributed by atoms with Gasteiger partial charge in [-0.3, -0.25) is 9.59 Å². The Morgan fingerprint density at radius 3 is 1.91 bits per heavy atom. The van der Waals surface area contributed by atoms with Crippen LogP contribution in [0.1, 0.15) is 34.6 Å². The average Bonchev–Trinajstić information content (AvgIpc) is 2.48. The van der Waals surface area contributed by atoms with E-state index in [0.717, 1.165) is 16.7 Å². The summed E-state index contributed by atoms with van der Waals surface area (Å²) >= 11 is 0. The van der Waals surface area contributed by atoms with E-state index in [1.54, 1.807) is 12.1 Å². The first-order valence-electron chi connectivity index (χ1n) is 7.32. The van der Waals surface area contributed by atoms with Crippen LogP contribution in [0.5, 0.6) is 0 Å². The predicted octanol–water partition coefficient (Wildman–Crippen LogP) is 3.67. The van der Waals surface area contributed by atoms with Crippen molar-refractivity contribution in [2.75, 3.05) is 0 Å². The van der Waals surface area contributed by atoms with Crippen molar-refractivity contribution in [2.45, 2.75) is 32.6 Å². The summed E-state index contributed by atoms with van der Waals surface area (Å²) in [5.74, 6) is -1.79.